The molecule has 7 heteroatoms. The van der Waals surface area contributed by atoms with Crippen molar-refractivity contribution in [3.63, 3.8) is 0 Å². The Balaban J connectivity index is 1.50. The van der Waals surface area contributed by atoms with Gasteiger partial charge in [0, 0.05) is 58.3 Å². The largest absolute Gasteiger partial charge is 0.379 e. The Hall–Kier alpha value is -1.18. The SMILES string of the molecule is CC1(C)CN(C(=O)C2CC(=O)N(CCN3CCOCC3)C2)CCC1N. The number of nitrogens with zero attached hydrogens (tertiary/aromatic N) is 3. The second-order valence-corrected chi connectivity index (χ2v) is 8.34. The minimum Gasteiger partial charge on any atom is -0.379 e. The van der Waals surface area contributed by atoms with Crippen molar-refractivity contribution in [1.82, 2.24) is 14.7 Å². The molecular weight excluding hydrogens is 320 g/mol. The van der Waals surface area contributed by atoms with Crippen molar-refractivity contribution in [1.29, 1.82) is 0 Å². The monoisotopic (exact) mass is 352 g/mol. The highest BCUT2D eigenvalue weighted by Crippen LogP contribution is 2.30. The molecule has 2 unspecified atom stereocenters. The van der Waals surface area contributed by atoms with Crippen molar-refractivity contribution in [3.05, 3.63) is 0 Å². The summed E-state index contributed by atoms with van der Waals surface area (Å²) in [5.74, 6) is 0.0455. The molecule has 3 rings (SSSR count). The summed E-state index contributed by atoms with van der Waals surface area (Å²) in [5, 5.41) is 0. The lowest BCUT2D eigenvalue weighted by Crippen LogP contribution is -2.55. The van der Waals surface area contributed by atoms with Crippen LogP contribution in [0.1, 0.15) is 26.7 Å². The Bertz CT molecular complexity index is 505. The Kier molecular flexibility index (Phi) is 5.65. The van der Waals surface area contributed by atoms with Gasteiger partial charge in [-0.1, -0.05) is 13.8 Å². The predicted molar refractivity (Wildman–Crippen MR) is 94.9 cm³/mol. The zero-order chi connectivity index (χ0) is 18.0. The topological polar surface area (TPSA) is 79.1 Å². The summed E-state index contributed by atoms with van der Waals surface area (Å²) in [6, 6.07) is 0.131. The molecule has 142 valence electrons. The van der Waals surface area contributed by atoms with Gasteiger partial charge in [-0.05, 0) is 11.8 Å². The number of carbonyl (C=O) groups is 2. The number of amides is 2. The number of carbonyl (C=O) groups excluding carboxylic acids is 2. The predicted octanol–water partition coefficient (Wildman–Crippen LogP) is -0.247. The van der Waals surface area contributed by atoms with E-state index in [0.717, 1.165) is 39.3 Å². The Labute approximate surface area is 150 Å². The van der Waals surface area contributed by atoms with E-state index in [1.54, 1.807) is 0 Å². The maximum absolute atomic E-state index is 12.9. The highest BCUT2D eigenvalue weighted by molar-refractivity contribution is 5.89. The molecule has 25 heavy (non-hydrogen) atoms. The first-order valence-corrected chi connectivity index (χ1v) is 9.49. The molecule has 3 aliphatic rings. The zero-order valence-corrected chi connectivity index (χ0v) is 15.6. The van der Waals surface area contributed by atoms with E-state index in [0.29, 0.717) is 32.6 Å². The average Bonchev–Trinajstić information content (AvgIpc) is 2.96. The van der Waals surface area contributed by atoms with E-state index >= 15 is 0 Å². The van der Waals surface area contributed by atoms with Gasteiger partial charge in [0.1, 0.15) is 0 Å². The summed E-state index contributed by atoms with van der Waals surface area (Å²) >= 11 is 0. The third-order valence-electron chi connectivity index (χ3n) is 5.98. The number of ether oxygens (including phenoxy) is 1. The summed E-state index contributed by atoms with van der Waals surface area (Å²) < 4.78 is 5.35. The normalized spacial score (nSPS) is 30.8. The first kappa shape index (κ1) is 18.6. The van der Waals surface area contributed by atoms with Gasteiger partial charge >= 0.3 is 0 Å². The fourth-order valence-corrected chi connectivity index (χ4v) is 4.06. The highest BCUT2D eigenvalue weighted by atomic mass is 16.5. The highest BCUT2D eigenvalue weighted by Gasteiger charge is 2.41. The molecule has 3 heterocycles. The minimum atomic E-state index is -0.192. The molecule has 3 fully saturated rings. The maximum atomic E-state index is 12.9. The van der Waals surface area contributed by atoms with E-state index in [2.05, 4.69) is 18.7 Å². The molecule has 2 N–H and O–H groups in total. The summed E-state index contributed by atoms with van der Waals surface area (Å²) in [6.45, 7) is 11.1. The third-order valence-corrected chi connectivity index (χ3v) is 5.98. The lowest BCUT2D eigenvalue weighted by atomic mass is 9.79. The van der Waals surface area contributed by atoms with E-state index in [-0.39, 0.29) is 29.2 Å². The van der Waals surface area contributed by atoms with Gasteiger partial charge < -0.3 is 20.3 Å². The third kappa shape index (κ3) is 4.33. The Morgan fingerprint density at radius 1 is 1.24 bits per heavy atom. The molecule has 0 aromatic rings. The van der Waals surface area contributed by atoms with Crippen molar-refractivity contribution in [2.45, 2.75) is 32.7 Å². The Morgan fingerprint density at radius 2 is 1.96 bits per heavy atom. The fraction of sp³-hybridized carbons (Fsp3) is 0.889. The van der Waals surface area contributed by atoms with Gasteiger partial charge in [-0.3, -0.25) is 14.5 Å². The van der Waals surface area contributed by atoms with E-state index in [1.165, 1.54) is 0 Å². The van der Waals surface area contributed by atoms with Crippen molar-refractivity contribution in [2.24, 2.45) is 17.1 Å². The van der Waals surface area contributed by atoms with Crippen LogP contribution in [-0.4, -0.2) is 91.6 Å². The molecule has 2 amide bonds. The van der Waals surface area contributed by atoms with Crippen LogP contribution in [0.3, 0.4) is 0 Å². The molecule has 0 saturated carbocycles. The zero-order valence-electron chi connectivity index (χ0n) is 15.6. The van der Waals surface area contributed by atoms with Gasteiger partial charge in [0.2, 0.25) is 11.8 Å². The second-order valence-electron chi connectivity index (χ2n) is 8.34. The van der Waals surface area contributed by atoms with E-state index in [4.69, 9.17) is 10.5 Å². The van der Waals surface area contributed by atoms with Crippen LogP contribution in [0.5, 0.6) is 0 Å². The van der Waals surface area contributed by atoms with Crippen molar-refractivity contribution < 1.29 is 14.3 Å². The number of hydrogen-bond donors (Lipinski definition) is 1. The number of morpholine rings is 1. The first-order valence-electron chi connectivity index (χ1n) is 9.49. The van der Waals surface area contributed by atoms with Gasteiger partial charge in [0.25, 0.3) is 0 Å². The lowest BCUT2D eigenvalue weighted by Gasteiger charge is -2.43. The molecule has 3 aliphatic heterocycles. The molecule has 7 nitrogen and oxygen atoms in total. The molecule has 0 radical (unpaired) electrons. The van der Waals surface area contributed by atoms with Gasteiger partial charge in [-0.25, -0.2) is 0 Å². The number of rotatable bonds is 4. The molecular formula is C18H32N4O3. The van der Waals surface area contributed by atoms with Crippen LogP contribution in [0.15, 0.2) is 0 Å². The minimum absolute atomic E-state index is 0.0630. The summed E-state index contributed by atoms with van der Waals surface area (Å²) in [6.07, 6.45) is 1.19. The van der Waals surface area contributed by atoms with Crippen LogP contribution in [0.25, 0.3) is 0 Å². The molecule has 0 aromatic carbocycles. The molecule has 0 bridgehead atoms. The molecule has 0 aromatic heterocycles. The lowest BCUT2D eigenvalue weighted by molar-refractivity contribution is -0.139. The van der Waals surface area contributed by atoms with Gasteiger partial charge in [-0.2, -0.15) is 0 Å². The van der Waals surface area contributed by atoms with E-state index in [1.807, 2.05) is 9.80 Å². The smallest absolute Gasteiger partial charge is 0.228 e. The number of piperidine rings is 1. The van der Waals surface area contributed by atoms with Crippen LogP contribution in [0.4, 0.5) is 0 Å². The van der Waals surface area contributed by atoms with Crippen LogP contribution in [0.2, 0.25) is 0 Å². The van der Waals surface area contributed by atoms with Crippen molar-refractivity contribution in [3.8, 4) is 0 Å². The molecule has 0 aliphatic carbocycles. The summed E-state index contributed by atoms with van der Waals surface area (Å²) in [7, 11) is 0. The van der Waals surface area contributed by atoms with Gasteiger partial charge in [-0.15, -0.1) is 0 Å². The summed E-state index contributed by atoms with van der Waals surface area (Å²) in [5.41, 5.74) is 6.11. The quantitative estimate of drug-likeness (QED) is 0.755. The standard InChI is InChI=1S/C18H32N4O3/c1-18(2)13-22(4-3-15(18)19)17(24)14-11-16(23)21(12-14)6-5-20-7-9-25-10-8-20/h14-15H,3-13,19H2,1-2H3. The van der Waals surface area contributed by atoms with Gasteiger partial charge in [0.15, 0.2) is 0 Å². The number of likely N-dealkylation sites (tertiary alicyclic amines) is 2. The average molecular weight is 352 g/mol. The van der Waals surface area contributed by atoms with Crippen LogP contribution < -0.4 is 5.73 Å². The second kappa shape index (κ2) is 7.60. The molecule has 3 saturated heterocycles. The Morgan fingerprint density at radius 3 is 2.64 bits per heavy atom. The van der Waals surface area contributed by atoms with Crippen molar-refractivity contribution in [2.75, 3.05) is 59.0 Å². The fourth-order valence-electron chi connectivity index (χ4n) is 4.06. The number of hydrogen-bond acceptors (Lipinski definition) is 5. The van der Waals surface area contributed by atoms with Crippen molar-refractivity contribution >= 4 is 11.8 Å². The summed E-state index contributed by atoms with van der Waals surface area (Å²) in [4.78, 5) is 31.3. The van der Waals surface area contributed by atoms with Gasteiger partial charge in [0.05, 0.1) is 19.1 Å². The first-order chi connectivity index (χ1) is 11.9. The van der Waals surface area contributed by atoms with E-state index in [9.17, 15) is 9.59 Å². The van der Waals surface area contributed by atoms with Crippen LogP contribution >= 0.6 is 0 Å². The maximum Gasteiger partial charge on any atom is 0.228 e. The number of nitrogens with two attached hydrogens (primary N) is 1. The van der Waals surface area contributed by atoms with Crippen LogP contribution in [-0.2, 0) is 14.3 Å². The van der Waals surface area contributed by atoms with Crippen LogP contribution in [0, 0.1) is 11.3 Å². The molecule has 2 atom stereocenters. The van der Waals surface area contributed by atoms with E-state index < -0.39 is 0 Å². The molecule has 0 spiro atoms.